The van der Waals surface area contributed by atoms with Crippen molar-refractivity contribution >= 4 is 10.9 Å². The van der Waals surface area contributed by atoms with Gasteiger partial charge < -0.3 is 0 Å². The van der Waals surface area contributed by atoms with Gasteiger partial charge in [0, 0.05) is 37.1 Å². The Morgan fingerprint density at radius 2 is 1.77 bits per heavy atom. The number of benzene rings is 2. The summed E-state index contributed by atoms with van der Waals surface area (Å²) in [5.41, 5.74) is 5.23. The van der Waals surface area contributed by atoms with Crippen molar-refractivity contribution in [2.75, 3.05) is 13.1 Å². The van der Waals surface area contributed by atoms with E-state index in [4.69, 9.17) is 4.98 Å². The van der Waals surface area contributed by atoms with E-state index in [1.807, 2.05) is 0 Å². The smallest absolute Gasteiger partial charge is 0.0705 e. The summed E-state index contributed by atoms with van der Waals surface area (Å²) in [7, 11) is 0. The van der Waals surface area contributed by atoms with Gasteiger partial charge in [-0.05, 0) is 29.7 Å². The van der Waals surface area contributed by atoms with Crippen molar-refractivity contribution in [3.63, 3.8) is 0 Å². The lowest BCUT2D eigenvalue weighted by molar-refractivity contribution is 0.255. The zero-order valence-electron chi connectivity index (χ0n) is 12.7. The molecule has 0 N–H and O–H groups in total. The van der Waals surface area contributed by atoms with E-state index in [0.717, 1.165) is 38.0 Å². The minimum absolute atomic E-state index is 1.03. The normalized spacial score (nSPS) is 14.9. The molecule has 2 heteroatoms. The van der Waals surface area contributed by atoms with Crippen LogP contribution in [0.5, 0.6) is 0 Å². The van der Waals surface area contributed by atoms with Gasteiger partial charge in [-0.2, -0.15) is 0 Å². The second-order valence-electron chi connectivity index (χ2n) is 6.05. The summed E-state index contributed by atoms with van der Waals surface area (Å²) in [6.45, 7) is 3.27. The summed E-state index contributed by atoms with van der Waals surface area (Å²) in [5.74, 6) is 0. The van der Waals surface area contributed by atoms with Crippen molar-refractivity contribution in [2.24, 2.45) is 0 Å². The monoisotopic (exact) mass is 288 g/mol. The molecule has 22 heavy (non-hydrogen) atoms. The maximum atomic E-state index is 4.84. The Kier molecular flexibility index (Phi) is 3.61. The van der Waals surface area contributed by atoms with Gasteiger partial charge in [0.1, 0.15) is 0 Å². The van der Waals surface area contributed by atoms with Gasteiger partial charge in [-0.15, -0.1) is 0 Å². The number of fused-ring (bicyclic) bond motifs is 2. The molecule has 3 aromatic rings. The van der Waals surface area contributed by atoms with Crippen molar-refractivity contribution in [3.05, 3.63) is 77.5 Å². The lowest BCUT2D eigenvalue weighted by Crippen LogP contribution is -2.32. The van der Waals surface area contributed by atoms with Crippen LogP contribution in [0.2, 0.25) is 0 Å². The minimum Gasteiger partial charge on any atom is -0.298 e. The molecule has 0 spiro atoms. The molecule has 0 bridgehead atoms. The fourth-order valence-electron chi connectivity index (χ4n) is 3.26. The highest BCUT2D eigenvalue weighted by Crippen LogP contribution is 2.22. The number of pyridine rings is 1. The maximum absolute atomic E-state index is 4.84. The van der Waals surface area contributed by atoms with Crippen molar-refractivity contribution in [1.29, 1.82) is 0 Å². The van der Waals surface area contributed by atoms with E-state index >= 15 is 0 Å². The van der Waals surface area contributed by atoms with Crippen LogP contribution in [0.3, 0.4) is 0 Å². The molecule has 0 saturated heterocycles. The van der Waals surface area contributed by atoms with Gasteiger partial charge in [0.15, 0.2) is 0 Å². The maximum Gasteiger partial charge on any atom is 0.0705 e. The second-order valence-corrected chi connectivity index (χ2v) is 6.05. The molecule has 0 radical (unpaired) electrons. The Labute approximate surface area is 131 Å². The third-order valence-electron chi connectivity index (χ3n) is 4.51. The van der Waals surface area contributed by atoms with Crippen LogP contribution in [0.1, 0.15) is 16.8 Å². The Balaban J connectivity index is 1.50. The van der Waals surface area contributed by atoms with Crippen LogP contribution in [-0.2, 0) is 19.4 Å². The second kappa shape index (κ2) is 5.90. The van der Waals surface area contributed by atoms with Crippen LogP contribution in [0, 0.1) is 0 Å². The number of para-hydroxylation sites is 1. The molecule has 110 valence electrons. The number of aromatic nitrogens is 1. The van der Waals surface area contributed by atoms with Crippen molar-refractivity contribution in [1.82, 2.24) is 9.88 Å². The van der Waals surface area contributed by atoms with Gasteiger partial charge in [-0.25, -0.2) is 0 Å². The fourth-order valence-corrected chi connectivity index (χ4v) is 3.26. The van der Waals surface area contributed by atoms with Crippen LogP contribution >= 0.6 is 0 Å². The van der Waals surface area contributed by atoms with E-state index in [0.29, 0.717) is 0 Å². The molecule has 2 aromatic carbocycles. The van der Waals surface area contributed by atoms with Gasteiger partial charge in [-0.1, -0.05) is 48.5 Å². The van der Waals surface area contributed by atoms with Crippen LogP contribution in [0.15, 0.2) is 60.7 Å². The summed E-state index contributed by atoms with van der Waals surface area (Å²) < 4.78 is 0. The fraction of sp³-hybridized carbons (Fsp3) is 0.250. The minimum atomic E-state index is 1.03. The third kappa shape index (κ3) is 2.75. The van der Waals surface area contributed by atoms with Crippen molar-refractivity contribution in [2.45, 2.75) is 19.4 Å². The molecule has 0 amide bonds. The Hall–Kier alpha value is -2.19. The average Bonchev–Trinajstić information content (AvgIpc) is 2.59. The summed E-state index contributed by atoms with van der Waals surface area (Å²) in [6, 6.07) is 21.5. The zero-order valence-corrected chi connectivity index (χ0v) is 12.7. The highest BCUT2D eigenvalue weighted by Gasteiger charge is 2.17. The van der Waals surface area contributed by atoms with Gasteiger partial charge in [-0.3, -0.25) is 9.88 Å². The highest BCUT2D eigenvalue weighted by atomic mass is 15.1. The summed E-state index contributed by atoms with van der Waals surface area (Å²) in [4.78, 5) is 7.39. The molecular formula is C20H20N2. The van der Waals surface area contributed by atoms with E-state index < -0.39 is 0 Å². The first-order valence-corrected chi connectivity index (χ1v) is 8.02. The Morgan fingerprint density at radius 3 is 2.68 bits per heavy atom. The molecule has 2 heterocycles. The molecule has 0 fully saturated rings. The van der Waals surface area contributed by atoms with E-state index in [9.17, 15) is 0 Å². The van der Waals surface area contributed by atoms with Gasteiger partial charge in [0.05, 0.1) is 5.52 Å². The molecule has 0 saturated carbocycles. The van der Waals surface area contributed by atoms with E-state index in [-0.39, 0.29) is 0 Å². The Bertz CT molecular complexity index is 780. The molecule has 4 rings (SSSR count). The molecular weight excluding hydrogens is 268 g/mol. The van der Waals surface area contributed by atoms with Crippen LogP contribution in [0.4, 0.5) is 0 Å². The Morgan fingerprint density at radius 1 is 0.955 bits per heavy atom. The van der Waals surface area contributed by atoms with Crippen molar-refractivity contribution < 1.29 is 0 Å². The van der Waals surface area contributed by atoms with Gasteiger partial charge in [0.2, 0.25) is 0 Å². The van der Waals surface area contributed by atoms with E-state index in [2.05, 4.69) is 65.6 Å². The number of rotatable bonds is 3. The summed E-state index contributed by atoms with van der Waals surface area (Å²) >= 11 is 0. The first kappa shape index (κ1) is 13.5. The predicted molar refractivity (Wildman–Crippen MR) is 90.9 cm³/mol. The van der Waals surface area contributed by atoms with Gasteiger partial charge in [0.25, 0.3) is 0 Å². The van der Waals surface area contributed by atoms with E-state index in [1.54, 1.807) is 0 Å². The molecule has 0 aliphatic carbocycles. The first-order chi connectivity index (χ1) is 10.9. The summed E-state index contributed by atoms with van der Waals surface area (Å²) in [6.07, 6.45) is 2.19. The quantitative estimate of drug-likeness (QED) is 0.728. The lowest BCUT2D eigenvalue weighted by atomic mass is 10.0. The highest BCUT2D eigenvalue weighted by molar-refractivity contribution is 5.79. The molecule has 0 atom stereocenters. The van der Waals surface area contributed by atoms with Crippen LogP contribution < -0.4 is 0 Å². The first-order valence-electron chi connectivity index (χ1n) is 8.02. The number of hydrogen-bond acceptors (Lipinski definition) is 2. The van der Waals surface area contributed by atoms with Crippen molar-refractivity contribution in [3.8, 4) is 0 Å². The average molecular weight is 288 g/mol. The number of nitrogens with zero attached hydrogens (tertiary/aromatic N) is 2. The SMILES string of the molecule is c1ccc(CCN2CCc3nc4ccccc4cc3C2)cc1. The summed E-state index contributed by atoms with van der Waals surface area (Å²) in [5, 5.41) is 1.26. The van der Waals surface area contributed by atoms with Gasteiger partial charge >= 0.3 is 0 Å². The largest absolute Gasteiger partial charge is 0.298 e. The van der Waals surface area contributed by atoms with Crippen LogP contribution in [-0.4, -0.2) is 23.0 Å². The topological polar surface area (TPSA) is 16.1 Å². The molecule has 0 unspecified atom stereocenters. The molecule has 1 aliphatic heterocycles. The molecule has 2 nitrogen and oxygen atoms in total. The van der Waals surface area contributed by atoms with E-state index in [1.165, 1.54) is 22.2 Å². The zero-order chi connectivity index (χ0) is 14.8. The predicted octanol–water partition coefficient (Wildman–Crippen LogP) is 3.84. The van der Waals surface area contributed by atoms with Crippen LogP contribution in [0.25, 0.3) is 10.9 Å². The third-order valence-corrected chi connectivity index (χ3v) is 4.51. The lowest BCUT2D eigenvalue weighted by Gasteiger charge is -2.28. The number of hydrogen-bond donors (Lipinski definition) is 0. The standard InChI is InChI=1S/C20H20N2/c1-2-6-16(7-3-1)10-12-22-13-11-20-18(15-22)14-17-8-4-5-9-19(17)21-20/h1-9,14H,10-13,15H2. The molecule has 1 aromatic heterocycles. The molecule has 1 aliphatic rings.